The van der Waals surface area contributed by atoms with Gasteiger partial charge in [0.2, 0.25) is 0 Å². The number of aromatic nitrogens is 1. The summed E-state index contributed by atoms with van der Waals surface area (Å²) < 4.78 is 5.34. The number of thiazole rings is 1. The van der Waals surface area contributed by atoms with Crippen LogP contribution in [0.2, 0.25) is 0 Å². The van der Waals surface area contributed by atoms with Gasteiger partial charge in [-0.2, -0.15) is 0 Å². The quantitative estimate of drug-likeness (QED) is 0.778. The van der Waals surface area contributed by atoms with Crippen LogP contribution in [0, 0.1) is 11.8 Å². The molecule has 0 bridgehead atoms. The molecule has 0 saturated heterocycles. The largest absolute Gasteiger partial charge is 0.448 e. The number of hydrogen-bond donors (Lipinski definition) is 1. The number of carbonyl (C=O) groups excluding carboxylic acids is 2. The second kappa shape index (κ2) is 8.65. The first-order valence-electron chi connectivity index (χ1n) is 9.48. The summed E-state index contributed by atoms with van der Waals surface area (Å²) in [6.07, 6.45) is 2.45. The maximum absolute atomic E-state index is 12.5. The van der Waals surface area contributed by atoms with Crippen molar-refractivity contribution in [2.45, 2.75) is 52.2 Å². The molecule has 1 aromatic heterocycles. The molecule has 1 aliphatic carbocycles. The molecule has 4 atom stereocenters. The molecule has 1 fully saturated rings. The van der Waals surface area contributed by atoms with Gasteiger partial charge in [-0.25, -0.2) is 9.78 Å². The molecule has 5 nitrogen and oxygen atoms in total. The Morgan fingerprint density at radius 2 is 1.96 bits per heavy atom. The zero-order valence-electron chi connectivity index (χ0n) is 16.0. The molecule has 2 aromatic rings. The van der Waals surface area contributed by atoms with Crippen LogP contribution in [0.5, 0.6) is 0 Å². The molecule has 1 aliphatic rings. The molecule has 0 aliphatic heterocycles. The van der Waals surface area contributed by atoms with Crippen LogP contribution in [-0.4, -0.2) is 29.0 Å². The van der Waals surface area contributed by atoms with Gasteiger partial charge in [-0.15, -0.1) is 11.3 Å². The van der Waals surface area contributed by atoms with Crippen LogP contribution in [0.1, 0.15) is 50.5 Å². The van der Waals surface area contributed by atoms with Gasteiger partial charge in [-0.05, 0) is 25.2 Å². The highest BCUT2D eigenvalue weighted by atomic mass is 32.1. The van der Waals surface area contributed by atoms with E-state index in [2.05, 4.69) is 24.1 Å². The van der Waals surface area contributed by atoms with E-state index in [1.54, 1.807) is 12.3 Å². The first kappa shape index (κ1) is 19.5. The maximum atomic E-state index is 12.5. The number of carbonyl (C=O) groups is 2. The smallest absolute Gasteiger partial charge is 0.358 e. The fraction of sp³-hybridized carbons (Fsp3) is 0.476. The van der Waals surface area contributed by atoms with Crippen molar-refractivity contribution in [1.29, 1.82) is 0 Å². The fourth-order valence-corrected chi connectivity index (χ4v) is 4.24. The molecule has 3 rings (SSSR count). The molecule has 1 amide bonds. The van der Waals surface area contributed by atoms with Crippen molar-refractivity contribution >= 4 is 23.2 Å². The van der Waals surface area contributed by atoms with Crippen molar-refractivity contribution in [2.24, 2.45) is 11.8 Å². The molecule has 1 heterocycles. The van der Waals surface area contributed by atoms with Gasteiger partial charge in [0.25, 0.3) is 5.91 Å². The maximum Gasteiger partial charge on any atom is 0.358 e. The number of benzene rings is 1. The van der Waals surface area contributed by atoms with Gasteiger partial charge in [0, 0.05) is 17.0 Å². The molecule has 0 spiro atoms. The molecule has 0 unspecified atom stereocenters. The number of esters is 1. The average Bonchev–Trinajstić information content (AvgIpc) is 3.16. The van der Waals surface area contributed by atoms with E-state index in [4.69, 9.17) is 4.74 Å². The van der Waals surface area contributed by atoms with E-state index in [-0.39, 0.29) is 17.6 Å². The summed E-state index contributed by atoms with van der Waals surface area (Å²) in [4.78, 5) is 29.1. The van der Waals surface area contributed by atoms with Crippen LogP contribution < -0.4 is 5.32 Å². The van der Waals surface area contributed by atoms with Crippen LogP contribution in [0.25, 0.3) is 10.6 Å². The Kier molecular flexibility index (Phi) is 6.26. The Bertz CT molecular complexity index is 790. The van der Waals surface area contributed by atoms with Gasteiger partial charge in [0.1, 0.15) is 5.01 Å². The Morgan fingerprint density at radius 1 is 1.22 bits per heavy atom. The first-order valence-corrected chi connectivity index (χ1v) is 10.4. The minimum absolute atomic E-state index is 0.145. The standard InChI is InChI=1S/C21H26N2O3S/c1-13-8-7-11-17(14(13)2)22-19(24)15(3)26-21(25)18-12-27-20(23-18)16-9-5-4-6-10-16/h4-6,9-10,12-15,17H,7-8,11H2,1-3H3,(H,22,24)/t13-,14-,15-,17+/m1/s1. The molecule has 6 heteroatoms. The van der Waals surface area contributed by atoms with Crippen molar-refractivity contribution in [3.05, 3.63) is 41.4 Å². The van der Waals surface area contributed by atoms with Crippen molar-refractivity contribution in [3.8, 4) is 10.6 Å². The van der Waals surface area contributed by atoms with Crippen molar-refractivity contribution < 1.29 is 14.3 Å². The highest BCUT2D eigenvalue weighted by molar-refractivity contribution is 7.13. The van der Waals surface area contributed by atoms with Gasteiger partial charge in [0.15, 0.2) is 11.8 Å². The molecule has 1 saturated carbocycles. The zero-order valence-corrected chi connectivity index (χ0v) is 16.8. The lowest BCUT2D eigenvalue weighted by Gasteiger charge is -2.35. The minimum atomic E-state index is -0.844. The van der Waals surface area contributed by atoms with Crippen molar-refractivity contribution in [2.75, 3.05) is 0 Å². The van der Waals surface area contributed by atoms with Crippen LogP contribution >= 0.6 is 11.3 Å². The summed E-state index contributed by atoms with van der Waals surface area (Å²) in [5, 5.41) is 5.47. The van der Waals surface area contributed by atoms with Gasteiger partial charge in [-0.3, -0.25) is 4.79 Å². The third-order valence-corrected chi connectivity index (χ3v) is 6.31. The zero-order chi connectivity index (χ0) is 19.4. The number of ether oxygens (including phenoxy) is 1. The van der Waals surface area contributed by atoms with Gasteiger partial charge < -0.3 is 10.1 Å². The topological polar surface area (TPSA) is 68.3 Å². The van der Waals surface area contributed by atoms with E-state index < -0.39 is 12.1 Å². The molecule has 144 valence electrons. The number of nitrogens with one attached hydrogen (secondary N) is 1. The minimum Gasteiger partial charge on any atom is -0.448 e. The van der Waals surface area contributed by atoms with Gasteiger partial charge in [0.05, 0.1) is 0 Å². The second-order valence-corrected chi connectivity index (χ2v) is 8.19. The predicted molar refractivity (Wildman–Crippen MR) is 107 cm³/mol. The van der Waals surface area contributed by atoms with E-state index in [0.29, 0.717) is 11.8 Å². The van der Waals surface area contributed by atoms with Crippen molar-refractivity contribution in [1.82, 2.24) is 10.3 Å². The van der Waals surface area contributed by atoms with E-state index >= 15 is 0 Å². The Hall–Kier alpha value is -2.21. The lowest BCUT2D eigenvalue weighted by atomic mass is 9.78. The highest BCUT2D eigenvalue weighted by Crippen LogP contribution is 2.29. The molecular formula is C21H26N2O3S. The number of nitrogens with zero attached hydrogens (tertiary/aromatic N) is 1. The molecular weight excluding hydrogens is 360 g/mol. The van der Waals surface area contributed by atoms with Gasteiger partial charge >= 0.3 is 5.97 Å². The molecule has 1 aromatic carbocycles. The lowest BCUT2D eigenvalue weighted by Crippen LogP contribution is -2.47. The lowest BCUT2D eigenvalue weighted by molar-refractivity contribution is -0.130. The third kappa shape index (κ3) is 4.75. The summed E-state index contributed by atoms with van der Waals surface area (Å²) >= 11 is 1.38. The summed E-state index contributed by atoms with van der Waals surface area (Å²) in [5.74, 6) is 0.208. The number of rotatable bonds is 5. The fourth-order valence-electron chi connectivity index (χ4n) is 3.44. The summed E-state index contributed by atoms with van der Waals surface area (Å²) in [5.41, 5.74) is 1.19. The molecule has 27 heavy (non-hydrogen) atoms. The molecule has 1 N–H and O–H groups in total. The van der Waals surface area contributed by atoms with E-state index in [0.717, 1.165) is 23.4 Å². The summed E-state index contributed by atoms with van der Waals surface area (Å²) in [7, 11) is 0. The SMILES string of the molecule is C[C@@H]1[C@H](C)CCC[C@@H]1NC(=O)[C@@H](C)OC(=O)c1csc(-c2ccccc2)n1. The van der Waals surface area contributed by atoms with Crippen LogP contribution in [-0.2, 0) is 9.53 Å². The monoisotopic (exact) mass is 386 g/mol. The summed E-state index contributed by atoms with van der Waals surface area (Å²) in [6, 6.07) is 9.81. The Labute approximate surface area is 164 Å². The van der Waals surface area contributed by atoms with E-state index in [1.807, 2.05) is 30.3 Å². The summed E-state index contributed by atoms with van der Waals surface area (Å²) in [6.45, 7) is 6.00. The third-order valence-electron chi connectivity index (χ3n) is 5.42. The number of hydrogen-bond acceptors (Lipinski definition) is 5. The normalized spacial score (nSPS) is 23.4. The molecule has 0 radical (unpaired) electrons. The second-order valence-electron chi connectivity index (χ2n) is 7.33. The van der Waals surface area contributed by atoms with E-state index in [9.17, 15) is 9.59 Å². The van der Waals surface area contributed by atoms with Crippen LogP contribution in [0.15, 0.2) is 35.7 Å². The van der Waals surface area contributed by atoms with Gasteiger partial charge in [-0.1, -0.05) is 57.0 Å². The Morgan fingerprint density at radius 3 is 2.70 bits per heavy atom. The number of amides is 1. The predicted octanol–water partition coefficient (Wildman–Crippen LogP) is 4.30. The van der Waals surface area contributed by atoms with Crippen LogP contribution in [0.4, 0.5) is 0 Å². The van der Waals surface area contributed by atoms with E-state index in [1.165, 1.54) is 17.8 Å². The first-order chi connectivity index (χ1) is 13.0. The van der Waals surface area contributed by atoms with Crippen LogP contribution in [0.3, 0.4) is 0 Å². The average molecular weight is 387 g/mol. The highest BCUT2D eigenvalue weighted by Gasteiger charge is 2.30. The van der Waals surface area contributed by atoms with Crippen molar-refractivity contribution in [3.63, 3.8) is 0 Å². The Balaban J connectivity index is 1.57.